The molecule has 0 bridgehead atoms. The van der Waals surface area contributed by atoms with Crippen LogP contribution in [0.4, 0.5) is 0 Å². The van der Waals surface area contributed by atoms with Crippen LogP contribution in [0.2, 0.25) is 5.02 Å². The Morgan fingerprint density at radius 3 is 2.36 bits per heavy atom. The first-order valence-electron chi connectivity index (χ1n) is 8.77. The summed E-state index contributed by atoms with van der Waals surface area (Å²) in [7, 11) is 1.30. The van der Waals surface area contributed by atoms with Crippen LogP contribution in [0.5, 0.6) is 5.75 Å². The molecule has 0 radical (unpaired) electrons. The number of phenols is 1. The molecular weight excluding hydrogens is 388 g/mol. The van der Waals surface area contributed by atoms with Crippen molar-refractivity contribution in [1.82, 2.24) is 0 Å². The molecule has 1 aliphatic heterocycles. The summed E-state index contributed by atoms with van der Waals surface area (Å²) in [5.74, 6) is -1.64. The second-order valence-corrected chi connectivity index (χ2v) is 7.19. The fourth-order valence-corrected chi connectivity index (χ4v) is 3.61. The van der Waals surface area contributed by atoms with Gasteiger partial charge in [0.05, 0.1) is 6.61 Å². The van der Waals surface area contributed by atoms with E-state index in [1.54, 1.807) is 42.5 Å². The van der Waals surface area contributed by atoms with E-state index in [1.807, 2.05) is 0 Å². The van der Waals surface area contributed by atoms with Crippen molar-refractivity contribution in [1.29, 1.82) is 0 Å². The van der Waals surface area contributed by atoms with Crippen LogP contribution in [0.3, 0.4) is 0 Å². The Morgan fingerprint density at radius 1 is 1.07 bits per heavy atom. The van der Waals surface area contributed by atoms with E-state index in [4.69, 9.17) is 21.1 Å². The predicted molar refractivity (Wildman–Crippen MR) is 101 cm³/mol. The van der Waals surface area contributed by atoms with Gasteiger partial charge < -0.3 is 35.0 Å². The van der Waals surface area contributed by atoms with E-state index in [0.717, 1.165) is 5.56 Å². The molecule has 0 amide bonds. The second-order valence-electron chi connectivity index (χ2n) is 6.79. The second kappa shape index (κ2) is 8.34. The molecule has 1 fully saturated rings. The lowest BCUT2D eigenvalue weighted by atomic mass is 9.87. The number of halogens is 1. The highest BCUT2D eigenvalue weighted by atomic mass is 35.5. The number of methoxy groups -OCH3 is 1. The maximum absolute atomic E-state index is 10.6. The fraction of sp³-hybridized carbons (Fsp3) is 0.400. The summed E-state index contributed by atoms with van der Waals surface area (Å²) in [6, 6.07) is 11.6. The van der Waals surface area contributed by atoms with Crippen LogP contribution in [0.25, 0.3) is 0 Å². The van der Waals surface area contributed by atoms with Crippen LogP contribution in [0.1, 0.15) is 16.7 Å². The minimum absolute atomic E-state index is 0.156. The summed E-state index contributed by atoms with van der Waals surface area (Å²) >= 11 is 6.33. The molecule has 1 unspecified atom stereocenters. The number of rotatable bonds is 5. The van der Waals surface area contributed by atoms with E-state index in [1.165, 1.54) is 7.11 Å². The molecule has 0 spiro atoms. The zero-order chi connectivity index (χ0) is 20.5. The number of phenolic OH excluding ortho intramolecular Hbond substituents is 1. The molecule has 2 aromatic rings. The Bertz CT molecular complexity index is 811. The fourth-order valence-electron chi connectivity index (χ4n) is 3.43. The van der Waals surface area contributed by atoms with Crippen molar-refractivity contribution < 1.29 is 35.0 Å². The molecule has 8 heteroatoms. The topological polar surface area (TPSA) is 120 Å². The Hall–Kier alpha value is -1.71. The van der Waals surface area contributed by atoms with Crippen molar-refractivity contribution in [2.75, 3.05) is 13.7 Å². The number of ether oxygens (including phenoxy) is 2. The molecule has 7 nitrogen and oxygen atoms in total. The highest BCUT2D eigenvalue weighted by molar-refractivity contribution is 6.31. The van der Waals surface area contributed by atoms with Gasteiger partial charge in [0.15, 0.2) is 0 Å². The van der Waals surface area contributed by atoms with Crippen molar-refractivity contribution in [2.45, 2.75) is 36.6 Å². The minimum atomic E-state index is -1.79. The van der Waals surface area contributed by atoms with Gasteiger partial charge in [0, 0.05) is 17.7 Å². The van der Waals surface area contributed by atoms with Gasteiger partial charge in [0.2, 0.25) is 5.79 Å². The normalized spacial score (nSPS) is 30.4. The Kier molecular flexibility index (Phi) is 6.26. The Balaban J connectivity index is 2.00. The highest BCUT2D eigenvalue weighted by Crippen LogP contribution is 2.40. The summed E-state index contributed by atoms with van der Waals surface area (Å²) in [4.78, 5) is 0. The van der Waals surface area contributed by atoms with E-state index in [0.29, 0.717) is 22.6 Å². The first-order chi connectivity index (χ1) is 13.3. The summed E-state index contributed by atoms with van der Waals surface area (Å²) in [6.07, 6.45) is -5.35. The number of benzene rings is 2. The van der Waals surface area contributed by atoms with Crippen LogP contribution < -0.4 is 0 Å². The lowest BCUT2D eigenvalue weighted by Crippen LogP contribution is -2.64. The lowest BCUT2D eigenvalue weighted by molar-refractivity contribution is -0.366. The molecule has 152 valence electrons. The number of hydrogen-bond donors (Lipinski definition) is 5. The summed E-state index contributed by atoms with van der Waals surface area (Å²) in [5.41, 5.74) is 1.99. The van der Waals surface area contributed by atoms with Crippen LogP contribution >= 0.6 is 11.6 Å². The average molecular weight is 411 g/mol. The third-order valence-electron chi connectivity index (χ3n) is 5.03. The predicted octanol–water partition coefficient (Wildman–Crippen LogP) is 0.909. The van der Waals surface area contributed by atoms with Gasteiger partial charge >= 0.3 is 0 Å². The van der Waals surface area contributed by atoms with Gasteiger partial charge in [0.1, 0.15) is 30.2 Å². The van der Waals surface area contributed by atoms with Crippen LogP contribution in [-0.2, 0) is 21.7 Å². The van der Waals surface area contributed by atoms with E-state index in [-0.39, 0.29) is 5.75 Å². The van der Waals surface area contributed by atoms with Gasteiger partial charge in [-0.25, -0.2) is 0 Å². The molecule has 5 atom stereocenters. The maximum Gasteiger partial charge on any atom is 0.224 e. The van der Waals surface area contributed by atoms with Gasteiger partial charge in [0.25, 0.3) is 0 Å². The zero-order valence-corrected chi connectivity index (χ0v) is 16.0. The summed E-state index contributed by atoms with van der Waals surface area (Å²) in [5, 5.41) is 50.2. The SMILES string of the molecule is CO[C@@]1(c2ccc(Cl)c(Cc3ccc(O)cc3)c2)OC(CO)[C@@H](O)[C@H](O)[C@H]1O. The largest absolute Gasteiger partial charge is 0.508 e. The standard InChI is InChI=1S/C20H23ClO7/c1-27-20(19(26)18(25)17(24)16(10-22)28-20)13-4-7-15(21)12(9-13)8-11-2-5-14(23)6-3-11/h2-7,9,16-19,22-26H,8,10H2,1H3/t16?,17-,18+,19-,20+/m1/s1. The Labute approximate surface area is 167 Å². The molecule has 5 N–H and O–H groups in total. The highest BCUT2D eigenvalue weighted by Gasteiger charge is 2.55. The molecule has 2 aromatic carbocycles. The molecule has 1 saturated heterocycles. The summed E-state index contributed by atoms with van der Waals surface area (Å²) in [6.45, 7) is -0.565. The third-order valence-corrected chi connectivity index (χ3v) is 5.40. The van der Waals surface area contributed by atoms with Gasteiger partial charge in [-0.1, -0.05) is 29.8 Å². The minimum Gasteiger partial charge on any atom is -0.508 e. The molecular formula is C20H23ClO7. The maximum atomic E-state index is 10.6. The monoisotopic (exact) mass is 410 g/mol. The van der Waals surface area contributed by atoms with Gasteiger partial charge in [-0.15, -0.1) is 0 Å². The van der Waals surface area contributed by atoms with Crippen LogP contribution in [-0.4, -0.2) is 63.7 Å². The van der Waals surface area contributed by atoms with Crippen molar-refractivity contribution in [2.24, 2.45) is 0 Å². The Morgan fingerprint density at radius 2 is 1.75 bits per heavy atom. The quantitative estimate of drug-likeness (QED) is 0.497. The van der Waals surface area contributed by atoms with E-state index in [2.05, 4.69) is 0 Å². The van der Waals surface area contributed by atoms with E-state index in [9.17, 15) is 25.5 Å². The third kappa shape index (κ3) is 3.75. The molecule has 1 aliphatic rings. The number of aromatic hydroxyl groups is 1. The van der Waals surface area contributed by atoms with Gasteiger partial charge in [-0.3, -0.25) is 0 Å². The molecule has 0 aromatic heterocycles. The average Bonchev–Trinajstić information content (AvgIpc) is 2.70. The first kappa shape index (κ1) is 21.0. The molecule has 0 aliphatic carbocycles. The molecule has 3 rings (SSSR count). The van der Waals surface area contributed by atoms with Crippen LogP contribution in [0.15, 0.2) is 42.5 Å². The lowest BCUT2D eigenvalue weighted by Gasteiger charge is -2.47. The summed E-state index contributed by atoms with van der Waals surface area (Å²) < 4.78 is 11.2. The molecule has 1 heterocycles. The van der Waals surface area contributed by atoms with Crippen molar-refractivity contribution in [3.63, 3.8) is 0 Å². The van der Waals surface area contributed by atoms with Crippen LogP contribution in [0, 0.1) is 0 Å². The van der Waals surface area contributed by atoms with Crippen molar-refractivity contribution in [3.8, 4) is 5.75 Å². The van der Waals surface area contributed by atoms with Crippen molar-refractivity contribution in [3.05, 3.63) is 64.2 Å². The van der Waals surface area contributed by atoms with Gasteiger partial charge in [-0.2, -0.15) is 0 Å². The number of aliphatic hydroxyl groups is 4. The van der Waals surface area contributed by atoms with E-state index < -0.39 is 36.8 Å². The first-order valence-corrected chi connectivity index (χ1v) is 9.15. The molecule has 28 heavy (non-hydrogen) atoms. The number of hydrogen-bond acceptors (Lipinski definition) is 7. The van der Waals surface area contributed by atoms with Crippen molar-refractivity contribution >= 4 is 11.6 Å². The van der Waals surface area contributed by atoms with E-state index >= 15 is 0 Å². The zero-order valence-electron chi connectivity index (χ0n) is 15.2. The smallest absolute Gasteiger partial charge is 0.224 e. The van der Waals surface area contributed by atoms with Gasteiger partial charge in [-0.05, 0) is 41.8 Å². The molecule has 0 saturated carbocycles. The number of aliphatic hydroxyl groups excluding tert-OH is 4.